The van der Waals surface area contributed by atoms with Crippen LogP contribution in [0.25, 0.3) is 11.3 Å². The van der Waals surface area contributed by atoms with Crippen LogP contribution in [0.2, 0.25) is 0 Å². The zero-order valence-electron chi connectivity index (χ0n) is 13.6. The van der Waals surface area contributed by atoms with E-state index in [4.69, 9.17) is 4.42 Å². The number of hydrogen-bond acceptors (Lipinski definition) is 3. The highest BCUT2D eigenvalue weighted by molar-refractivity contribution is 7.92. The summed E-state index contributed by atoms with van der Waals surface area (Å²) in [7, 11) is -3.46. The Labute approximate surface area is 142 Å². The summed E-state index contributed by atoms with van der Waals surface area (Å²) in [4.78, 5) is 0. The number of aryl methyl sites for hydroxylation is 1. The SMILES string of the molecule is Cc1cc(N(Cc2ccccc2)S(C)(=O)=O)oc1-c1ccccc1. The van der Waals surface area contributed by atoms with E-state index < -0.39 is 10.0 Å². The lowest BCUT2D eigenvalue weighted by molar-refractivity contribution is 0.560. The standard InChI is InChI=1S/C19H19NO3S/c1-15-13-18(23-19(15)17-11-7-4-8-12-17)20(24(2,21)22)14-16-9-5-3-6-10-16/h3-13H,14H2,1-2H3. The number of furan rings is 1. The lowest BCUT2D eigenvalue weighted by atomic mass is 10.1. The Hall–Kier alpha value is -2.53. The van der Waals surface area contributed by atoms with Crippen LogP contribution in [0.3, 0.4) is 0 Å². The Balaban J connectivity index is 2.00. The van der Waals surface area contributed by atoms with E-state index in [0.29, 0.717) is 11.6 Å². The van der Waals surface area contributed by atoms with E-state index in [1.54, 1.807) is 6.07 Å². The fourth-order valence-corrected chi connectivity index (χ4v) is 3.37. The van der Waals surface area contributed by atoms with Crippen molar-refractivity contribution in [3.63, 3.8) is 0 Å². The molecule has 1 aromatic heterocycles. The number of benzene rings is 2. The van der Waals surface area contributed by atoms with Gasteiger partial charge in [0.25, 0.3) is 0 Å². The molecule has 0 saturated carbocycles. The number of anilines is 1. The smallest absolute Gasteiger partial charge is 0.234 e. The number of rotatable bonds is 5. The summed E-state index contributed by atoms with van der Waals surface area (Å²) in [6.45, 7) is 2.15. The first-order valence-electron chi connectivity index (χ1n) is 7.62. The molecule has 0 aliphatic rings. The molecular weight excluding hydrogens is 322 g/mol. The average molecular weight is 341 g/mol. The molecule has 5 heteroatoms. The molecule has 0 N–H and O–H groups in total. The Bertz CT molecular complexity index is 916. The normalized spacial score (nSPS) is 11.4. The molecule has 3 aromatic rings. The Morgan fingerprint density at radius 3 is 2.12 bits per heavy atom. The molecule has 124 valence electrons. The molecule has 24 heavy (non-hydrogen) atoms. The maximum absolute atomic E-state index is 12.3. The van der Waals surface area contributed by atoms with Gasteiger partial charge in [-0.15, -0.1) is 0 Å². The van der Waals surface area contributed by atoms with Crippen molar-refractivity contribution in [1.29, 1.82) is 0 Å². The van der Waals surface area contributed by atoms with Crippen molar-refractivity contribution < 1.29 is 12.8 Å². The monoisotopic (exact) mass is 341 g/mol. The molecule has 2 aromatic carbocycles. The first-order valence-corrected chi connectivity index (χ1v) is 9.47. The van der Waals surface area contributed by atoms with E-state index in [9.17, 15) is 8.42 Å². The highest BCUT2D eigenvalue weighted by Gasteiger charge is 2.23. The number of sulfonamides is 1. The maximum atomic E-state index is 12.3. The molecule has 0 radical (unpaired) electrons. The van der Waals surface area contributed by atoms with Crippen LogP contribution < -0.4 is 4.31 Å². The lowest BCUT2D eigenvalue weighted by Crippen LogP contribution is -2.28. The second-order valence-electron chi connectivity index (χ2n) is 5.72. The molecule has 0 fully saturated rings. The van der Waals surface area contributed by atoms with Crippen molar-refractivity contribution >= 4 is 15.9 Å². The van der Waals surface area contributed by atoms with Crippen molar-refractivity contribution in [2.45, 2.75) is 13.5 Å². The fraction of sp³-hybridized carbons (Fsp3) is 0.158. The van der Waals surface area contributed by atoms with E-state index in [2.05, 4.69) is 0 Å². The Morgan fingerprint density at radius 2 is 1.54 bits per heavy atom. The zero-order chi connectivity index (χ0) is 17.2. The molecule has 0 spiro atoms. The van der Waals surface area contributed by atoms with Gasteiger partial charge in [0.15, 0.2) is 0 Å². The Kier molecular flexibility index (Phi) is 4.44. The first kappa shape index (κ1) is 16.3. The number of hydrogen-bond donors (Lipinski definition) is 0. The maximum Gasteiger partial charge on any atom is 0.234 e. The van der Waals surface area contributed by atoms with Crippen LogP contribution in [0, 0.1) is 6.92 Å². The van der Waals surface area contributed by atoms with Gasteiger partial charge in [0.1, 0.15) is 5.76 Å². The van der Waals surface area contributed by atoms with Crippen LogP contribution in [0.1, 0.15) is 11.1 Å². The third-order valence-corrected chi connectivity index (χ3v) is 4.87. The van der Waals surface area contributed by atoms with Gasteiger partial charge in [-0.3, -0.25) is 0 Å². The molecule has 3 rings (SSSR count). The summed E-state index contributed by atoms with van der Waals surface area (Å²) in [5.74, 6) is 1.02. The van der Waals surface area contributed by atoms with Crippen molar-refractivity contribution in [2.75, 3.05) is 10.6 Å². The third-order valence-electron chi connectivity index (χ3n) is 3.76. The molecule has 0 atom stereocenters. The molecule has 0 aliphatic carbocycles. The van der Waals surface area contributed by atoms with E-state index in [0.717, 1.165) is 16.7 Å². The minimum Gasteiger partial charge on any atom is -0.439 e. The highest BCUT2D eigenvalue weighted by Crippen LogP contribution is 2.32. The van der Waals surface area contributed by atoms with Gasteiger partial charge in [0.2, 0.25) is 15.9 Å². The second kappa shape index (κ2) is 6.53. The van der Waals surface area contributed by atoms with Gasteiger partial charge in [-0.25, -0.2) is 12.7 Å². The molecule has 4 nitrogen and oxygen atoms in total. The summed E-state index contributed by atoms with van der Waals surface area (Å²) in [5.41, 5.74) is 2.73. The number of nitrogens with zero attached hydrogens (tertiary/aromatic N) is 1. The van der Waals surface area contributed by atoms with E-state index in [1.165, 1.54) is 10.6 Å². The summed E-state index contributed by atoms with van der Waals surface area (Å²) in [6.07, 6.45) is 1.19. The van der Waals surface area contributed by atoms with Gasteiger partial charge in [-0.05, 0) is 18.1 Å². The average Bonchev–Trinajstić information content (AvgIpc) is 2.95. The van der Waals surface area contributed by atoms with E-state index in [1.807, 2.05) is 67.6 Å². The predicted octanol–water partition coefficient (Wildman–Crippen LogP) is 4.22. The quantitative estimate of drug-likeness (QED) is 0.698. The van der Waals surface area contributed by atoms with Crippen LogP contribution in [0.15, 0.2) is 71.1 Å². The molecule has 0 aliphatic heterocycles. The minimum absolute atomic E-state index is 0.237. The van der Waals surface area contributed by atoms with Gasteiger partial charge in [-0.2, -0.15) is 0 Å². The van der Waals surface area contributed by atoms with Crippen LogP contribution in [-0.2, 0) is 16.6 Å². The van der Waals surface area contributed by atoms with E-state index in [-0.39, 0.29) is 6.54 Å². The molecule has 0 bridgehead atoms. The lowest BCUT2D eigenvalue weighted by Gasteiger charge is -2.19. The van der Waals surface area contributed by atoms with Gasteiger partial charge >= 0.3 is 0 Å². The van der Waals surface area contributed by atoms with Crippen molar-refractivity contribution in [2.24, 2.45) is 0 Å². The molecule has 0 amide bonds. The Morgan fingerprint density at radius 1 is 0.958 bits per heavy atom. The van der Waals surface area contributed by atoms with Crippen molar-refractivity contribution in [3.05, 3.63) is 77.9 Å². The largest absolute Gasteiger partial charge is 0.439 e. The third kappa shape index (κ3) is 3.51. The van der Waals surface area contributed by atoms with Crippen LogP contribution in [0.5, 0.6) is 0 Å². The molecular formula is C19H19NO3S. The van der Waals surface area contributed by atoms with Gasteiger partial charge in [0.05, 0.1) is 12.8 Å². The van der Waals surface area contributed by atoms with Gasteiger partial charge in [0, 0.05) is 11.6 Å². The highest BCUT2D eigenvalue weighted by atomic mass is 32.2. The minimum atomic E-state index is -3.46. The topological polar surface area (TPSA) is 50.5 Å². The van der Waals surface area contributed by atoms with Gasteiger partial charge < -0.3 is 4.42 Å². The van der Waals surface area contributed by atoms with Crippen LogP contribution in [0.4, 0.5) is 5.88 Å². The van der Waals surface area contributed by atoms with Crippen LogP contribution >= 0.6 is 0 Å². The van der Waals surface area contributed by atoms with E-state index >= 15 is 0 Å². The molecule has 0 unspecified atom stereocenters. The van der Waals surface area contributed by atoms with Crippen LogP contribution in [-0.4, -0.2) is 14.7 Å². The zero-order valence-corrected chi connectivity index (χ0v) is 14.5. The molecule has 1 heterocycles. The summed E-state index contributed by atoms with van der Waals surface area (Å²) in [6, 6.07) is 20.9. The van der Waals surface area contributed by atoms with Crippen molar-refractivity contribution in [1.82, 2.24) is 0 Å². The first-order chi connectivity index (χ1) is 11.4. The van der Waals surface area contributed by atoms with Gasteiger partial charge in [-0.1, -0.05) is 60.7 Å². The second-order valence-corrected chi connectivity index (χ2v) is 7.62. The fourth-order valence-electron chi connectivity index (χ4n) is 2.57. The van der Waals surface area contributed by atoms with Crippen molar-refractivity contribution in [3.8, 4) is 11.3 Å². The summed E-state index contributed by atoms with van der Waals surface area (Å²) < 4.78 is 31.7. The summed E-state index contributed by atoms with van der Waals surface area (Å²) >= 11 is 0. The molecule has 0 saturated heterocycles. The summed E-state index contributed by atoms with van der Waals surface area (Å²) in [5, 5.41) is 0. The predicted molar refractivity (Wildman–Crippen MR) is 96.3 cm³/mol.